The van der Waals surface area contributed by atoms with E-state index in [0.717, 1.165) is 17.1 Å². The first kappa shape index (κ1) is 9.61. The lowest BCUT2D eigenvalue weighted by atomic mass is 10.4. The summed E-state index contributed by atoms with van der Waals surface area (Å²) in [4.78, 5) is 4.17. The molecule has 2 aromatic rings. The SMILES string of the molecule is ClCCc1cn(Cc2nccs2)nn1. The van der Waals surface area contributed by atoms with Gasteiger partial charge in [-0.2, -0.15) is 0 Å². The van der Waals surface area contributed by atoms with Crippen molar-refractivity contribution in [3.8, 4) is 0 Å². The number of nitrogens with zero attached hydrogens (tertiary/aromatic N) is 4. The van der Waals surface area contributed by atoms with E-state index in [4.69, 9.17) is 11.6 Å². The molecule has 0 aliphatic rings. The summed E-state index contributed by atoms with van der Waals surface area (Å²) in [5.74, 6) is 0.579. The highest BCUT2D eigenvalue weighted by molar-refractivity contribution is 7.09. The molecule has 2 heterocycles. The zero-order valence-electron chi connectivity index (χ0n) is 7.43. The molecule has 0 bridgehead atoms. The number of halogens is 1. The number of rotatable bonds is 4. The van der Waals surface area contributed by atoms with Crippen LogP contribution in [0.1, 0.15) is 10.7 Å². The molecule has 0 saturated carbocycles. The zero-order chi connectivity index (χ0) is 9.80. The highest BCUT2D eigenvalue weighted by atomic mass is 35.5. The number of thiazole rings is 1. The van der Waals surface area contributed by atoms with Gasteiger partial charge in [-0.1, -0.05) is 5.21 Å². The van der Waals surface area contributed by atoms with Crippen LogP contribution >= 0.6 is 22.9 Å². The number of alkyl halides is 1. The Morgan fingerprint density at radius 1 is 1.50 bits per heavy atom. The van der Waals surface area contributed by atoms with Crippen LogP contribution in [0.2, 0.25) is 0 Å². The summed E-state index contributed by atoms with van der Waals surface area (Å²) in [6, 6.07) is 0. The van der Waals surface area contributed by atoms with Crippen LogP contribution in [0.3, 0.4) is 0 Å². The van der Waals surface area contributed by atoms with Crippen LogP contribution in [0.4, 0.5) is 0 Å². The Balaban J connectivity index is 2.03. The number of hydrogen-bond donors (Lipinski definition) is 0. The van der Waals surface area contributed by atoms with Gasteiger partial charge in [0.05, 0.1) is 12.2 Å². The fraction of sp³-hybridized carbons (Fsp3) is 0.375. The van der Waals surface area contributed by atoms with Gasteiger partial charge in [0, 0.05) is 30.1 Å². The third-order valence-corrected chi connectivity index (χ3v) is 2.67. The Bertz CT molecular complexity index is 384. The smallest absolute Gasteiger partial charge is 0.114 e. The van der Waals surface area contributed by atoms with Gasteiger partial charge in [0.1, 0.15) is 5.01 Å². The molecule has 0 aliphatic heterocycles. The van der Waals surface area contributed by atoms with Crippen LogP contribution in [0.5, 0.6) is 0 Å². The predicted molar refractivity (Wildman–Crippen MR) is 55.7 cm³/mol. The average Bonchev–Trinajstić information content (AvgIpc) is 2.79. The van der Waals surface area contributed by atoms with E-state index in [0.29, 0.717) is 12.4 Å². The van der Waals surface area contributed by atoms with Gasteiger partial charge >= 0.3 is 0 Å². The largest absolute Gasteiger partial charge is 0.248 e. The van der Waals surface area contributed by atoms with E-state index in [1.165, 1.54) is 0 Å². The van der Waals surface area contributed by atoms with Crippen molar-refractivity contribution < 1.29 is 0 Å². The van der Waals surface area contributed by atoms with Crippen molar-refractivity contribution in [3.63, 3.8) is 0 Å². The Morgan fingerprint density at radius 3 is 3.14 bits per heavy atom. The van der Waals surface area contributed by atoms with E-state index < -0.39 is 0 Å². The lowest BCUT2D eigenvalue weighted by Gasteiger charge is -1.93. The minimum atomic E-state index is 0.579. The maximum atomic E-state index is 5.60. The molecule has 0 aromatic carbocycles. The van der Waals surface area contributed by atoms with Crippen molar-refractivity contribution in [2.75, 3.05) is 5.88 Å². The van der Waals surface area contributed by atoms with Crippen LogP contribution in [-0.2, 0) is 13.0 Å². The first-order chi connectivity index (χ1) is 6.88. The second-order valence-electron chi connectivity index (χ2n) is 2.77. The van der Waals surface area contributed by atoms with Crippen LogP contribution in [0.25, 0.3) is 0 Å². The molecule has 0 saturated heterocycles. The van der Waals surface area contributed by atoms with Gasteiger partial charge in [0.25, 0.3) is 0 Å². The fourth-order valence-electron chi connectivity index (χ4n) is 1.10. The number of aryl methyl sites for hydroxylation is 1. The number of aromatic nitrogens is 4. The molecule has 74 valence electrons. The molecule has 0 spiro atoms. The van der Waals surface area contributed by atoms with Crippen molar-refractivity contribution in [3.05, 3.63) is 28.5 Å². The molecule has 4 nitrogen and oxygen atoms in total. The third kappa shape index (κ3) is 2.30. The molecular formula is C8H9ClN4S. The quantitative estimate of drug-likeness (QED) is 0.746. The summed E-state index contributed by atoms with van der Waals surface area (Å²) in [6.07, 6.45) is 4.46. The van der Waals surface area contributed by atoms with Crippen molar-refractivity contribution in [1.82, 2.24) is 20.0 Å². The zero-order valence-corrected chi connectivity index (χ0v) is 9.00. The minimum Gasteiger partial charge on any atom is -0.248 e. The Labute approximate surface area is 90.5 Å². The first-order valence-electron chi connectivity index (χ1n) is 4.22. The summed E-state index contributed by atoms with van der Waals surface area (Å²) in [7, 11) is 0. The molecular weight excluding hydrogens is 220 g/mol. The molecule has 0 aliphatic carbocycles. The van der Waals surface area contributed by atoms with Crippen LogP contribution in [0.15, 0.2) is 17.8 Å². The Hall–Kier alpha value is -0.940. The molecule has 2 aromatic heterocycles. The Morgan fingerprint density at radius 2 is 2.43 bits per heavy atom. The lowest BCUT2D eigenvalue weighted by molar-refractivity contribution is 0.646. The van der Waals surface area contributed by atoms with Gasteiger partial charge in [-0.15, -0.1) is 28.0 Å². The molecule has 0 fully saturated rings. The molecule has 0 atom stereocenters. The van der Waals surface area contributed by atoms with E-state index >= 15 is 0 Å². The van der Waals surface area contributed by atoms with Crippen molar-refractivity contribution in [2.45, 2.75) is 13.0 Å². The van der Waals surface area contributed by atoms with Gasteiger partial charge in [-0.25, -0.2) is 9.67 Å². The molecule has 6 heteroatoms. The predicted octanol–water partition coefficient (Wildman–Crippen LogP) is 1.56. The summed E-state index contributed by atoms with van der Waals surface area (Å²) in [5, 5.41) is 11.0. The van der Waals surface area contributed by atoms with Gasteiger partial charge < -0.3 is 0 Å². The van der Waals surface area contributed by atoms with Crippen LogP contribution in [-0.4, -0.2) is 25.9 Å². The van der Waals surface area contributed by atoms with Crippen LogP contribution < -0.4 is 0 Å². The fourth-order valence-corrected chi connectivity index (χ4v) is 1.90. The summed E-state index contributed by atoms with van der Waals surface area (Å²) in [5.41, 5.74) is 0.927. The van der Waals surface area contributed by atoms with Gasteiger partial charge in [-0.3, -0.25) is 0 Å². The van der Waals surface area contributed by atoms with E-state index in [1.807, 2.05) is 11.6 Å². The van der Waals surface area contributed by atoms with E-state index in [2.05, 4.69) is 15.3 Å². The number of hydrogen-bond acceptors (Lipinski definition) is 4. The highest BCUT2D eigenvalue weighted by Crippen LogP contribution is 2.06. The van der Waals surface area contributed by atoms with E-state index in [1.54, 1.807) is 22.2 Å². The topological polar surface area (TPSA) is 43.6 Å². The maximum Gasteiger partial charge on any atom is 0.114 e. The second kappa shape index (κ2) is 4.52. The standard InChI is InChI=1S/C8H9ClN4S/c9-2-1-7-5-13(12-11-7)6-8-10-3-4-14-8/h3-5H,1-2,6H2. The van der Waals surface area contributed by atoms with Crippen LogP contribution in [0, 0.1) is 0 Å². The Kier molecular flexibility index (Phi) is 3.10. The van der Waals surface area contributed by atoms with Crippen molar-refractivity contribution in [1.29, 1.82) is 0 Å². The molecule has 0 amide bonds. The van der Waals surface area contributed by atoms with Crippen molar-refractivity contribution in [2.24, 2.45) is 0 Å². The van der Waals surface area contributed by atoms with Gasteiger partial charge in [0.2, 0.25) is 0 Å². The normalized spacial score (nSPS) is 10.6. The highest BCUT2D eigenvalue weighted by Gasteiger charge is 2.01. The molecule has 14 heavy (non-hydrogen) atoms. The summed E-state index contributed by atoms with van der Waals surface area (Å²) >= 11 is 7.22. The minimum absolute atomic E-state index is 0.579. The molecule has 0 N–H and O–H groups in total. The summed E-state index contributed by atoms with van der Waals surface area (Å²) in [6.45, 7) is 0.687. The third-order valence-electron chi connectivity index (χ3n) is 1.72. The van der Waals surface area contributed by atoms with Crippen molar-refractivity contribution >= 4 is 22.9 Å². The monoisotopic (exact) mass is 228 g/mol. The molecule has 2 rings (SSSR count). The molecule has 0 unspecified atom stereocenters. The molecule has 0 radical (unpaired) electrons. The average molecular weight is 229 g/mol. The van der Waals surface area contributed by atoms with E-state index in [9.17, 15) is 0 Å². The van der Waals surface area contributed by atoms with Gasteiger partial charge in [0.15, 0.2) is 0 Å². The lowest BCUT2D eigenvalue weighted by Crippen LogP contribution is -1.99. The van der Waals surface area contributed by atoms with E-state index in [-0.39, 0.29) is 0 Å². The first-order valence-corrected chi connectivity index (χ1v) is 5.63. The summed E-state index contributed by atoms with van der Waals surface area (Å²) < 4.78 is 1.78. The van der Waals surface area contributed by atoms with Gasteiger partial charge in [-0.05, 0) is 0 Å². The second-order valence-corrected chi connectivity index (χ2v) is 4.13. The maximum absolute atomic E-state index is 5.60.